The fourth-order valence-electron chi connectivity index (χ4n) is 3.36. The van der Waals surface area contributed by atoms with Crippen LogP contribution in [-0.2, 0) is 4.79 Å². The van der Waals surface area contributed by atoms with E-state index in [0.29, 0.717) is 35.7 Å². The van der Waals surface area contributed by atoms with Crippen molar-refractivity contribution in [1.82, 2.24) is 0 Å². The first-order valence-electron chi connectivity index (χ1n) is 10.2. The predicted octanol–water partition coefficient (Wildman–Crippen LogP) is 4.81. The van der Waals surface area contributed by atoms with Crippen LogP contribution in [0.2, 0.25) is 0 Å². The highest BCUT2D eigenvalue weighted by Gasteiger charge is 2.21. The van der Waals surface area contributed by atoms with Gasteiger partial charge in [-0.25, -0.2) is 0 Å². The molecule has 3 aromatic rings. The van der Waals surface area contributed by atoms with Crippen molar-refractivity contribution < 1.29 is 19.1 Å². The zero-order valence-electron chi connectivity index (χ0n) is 17.3. The van der Waals surface area contributed by atoms with Crippen LogP contribution >= 0.6 is 0 Å². The molecule has 6 nitrogen and oxygen atoms in total. The lowest BCUT2D eigenvalue weighted by molar-refractivity contribution is -0.116. The summed E-state index contributed by atoms with van der Waals surface area (Å²) >= 11 is 0. The van der Waals surface area contributed by atoms with Crippen LogP contribution in [0.3, 0.4) is 0 Å². The van der Waals surface area contributed by atoms with Crippen molar-refractivity contribution >= 4 is 23.2 Å². The molecule has 1 atom stereocenters. The third-order valence-electron chi connectivity index (χ3n) is 4.99. The minimum atomic E-state index is -0.230. The highest BCUT2D eigenvalue weighted by Crippen LogP contribution is 2.32. The van der Waals surface area contributed by atoms with Gasteiger partial charge < -0.3 is 20.1 Å². The summed E-state index contributed by atoms with van der Waals surface area (Å²) < 4.78 is 11.6. The minimum absolute atomic E-state index is 0.150. The maximum atomic E-state index is 12.6. The number of para-hydroxylation sites is 2. The molecular formula is C25H24N2O4. The number of benzene rings is 3. The number of hydrogen-bond acceptors (Lipinski definition) is 4. The van der Waals surface area contributed by atoms with E-state index < -0.39 is 0 Å². The average molecular weight is 416 g/mol. The number of aryl methyl sites for hydroxylation is 1. The number of nitrogens with one attached hydrogen (secondary N) is 2. The van der Waals surface area contributed by atoms with E-state index in [1.165, 1.54) is 0 Å². The Morgan fingerprint density at radius 2 is 1.65 bits per heavy atom. The zero-order valence-corrected chi connectivity index (χ0v) is 17.3. The van der Waals surface area contributed by atoms with Crippen LogP contribution < -0.4 is 20.1 Å². The lowest BCUT2D eigenvalue weighted by Crippen LogP contribution is -2.30. The predicted molar refractivity (Wildman–Crippen MR) is 120 cm³/mol. The molecule has 0 unspecified atom stereocenters. The van der Waals surface area contributed by atoms with Gasteiger partial charge in [-0.3, -0.25) is 9.59 Å². The van der Waals surface area contributed by atoms with E-state index in [-0.39, 0.29) is 24.3 Å². The van der Waals surface area contributed by atoms with Gasteiger partial charge in [0.05, 0.1) is 11.4 Å². The number of carbonyl (C=O) groups excluding carboxylic acids is 2. The molecule has 0 spiro atoms. The summed E-state index contributed by atoms with van der Waals surface area (Å²) in [6.07, 6.45) is 0.615. The second-order valence-electron chi connectivity index (χ2n) is 7.45. The molecule has 158 valence electrons. The quantitative estimate of drug-likeness (QED) is 0.605. The molecule has 0 saturated heterocycles. The Morgan fingerprint density at radius 1 is 0.903 bits per heavy atom. The Balaban J connectivity index is 1.37. The van der Waals surface area contributed by atoms with Crippen molar-refractivity contribution in [2.75, 3.05) is 17.2 Å². The van der Waals surface area contributed by atoms with Gasteiger partial charge in [-0.05, 0) is 55.3 Å². The van der Waals surface area contributed by atoms with E-state index in [4.69, 9.17) is 9.47 Å². The van der Waals surface area contributed by atoms with E-state index in [0.717, 1.165) is 11.3 Å². The Labute approximate surface area is 181 Å². The Morgan fingerprint density at radius 3 is 2.45 bits per heavy atom. The molecule has 0 aliphatic carbocycles. The zero-order chi connectivity index (χ0) is 21.6. The monoisotopic (exact) mass is 416 g/mol. The van der Waals surface area contributed by atoms with Gasteiger partial charge in [-0.1, -0.05) is 36.4 Å². The van der Waals surface area contributed by atoms with Gasteiger partial charge in [-0.15, -0.1) is 0 Å². The summed E-state index contributed by atoms with van der Waals surface area (Å²) in [5.74, 6) is 1.04. The first kappa shape index (κ1) is 20.5. The fraction of sp³-hybridized carbons (Fsp3) is 0.200. The van der Waals surface area contributed by atoms with Crippen LogP contribution in [0.15, 0.2) is 72.8 Å². The highest BCUT2D eigenvalue weighted by atomic mass is 16.6. The van der Waals surface area contributed by atoms with Crippen molar-refractivity contribution in [2.45, 2.75) is 25.9 Å². The van der Waals surface area contributed by atoms with E-state index in [1.54, 1.807) is 18.2 Å². The van der Waals surface area contributed by atoms with Gasteiger partial charge in [0.25, 0.3) is 5.91 Å². The molecule has 4 rings (SSSR count). The third kappa shape index (κ3) is 5.22. The molecule has 0 radical (unpaired) electrons. The number of fused-ring (bicyclic) bond motifs is 1. The summed E-state index contributed by atoms with van der Waals surface area (Å²) in [7, 11) is 0. The second-order valence-corrected chi connectivity index (χ2v) is 7.45. The van der Waals surface area contributed by atoms with E-state index in [9.17, 15) is 9.59 Å². The normalized spacial score (nSPS) is 14.5. The molecule has 6 heteroatoms. The van der Waals surface area contributed by atoms with Crippen LogP contribution in [0.4, 0.5) is 11.4 Å². The van der Waals surface area contributed by atoms with Gasteiger partial charge in [0.1, 0.15) is 12.7 Å². The van der Waals surface area contributed by atoms with Crippen molar-refractivity contribution in [1.29, 1.82) is 0 Å². The Hall–Kier alpha value is -3.80. The first-order valence-corrected chi connectivity index (χ1v) is 10.2. The molecular weight excluding hydrogens is 392 g/mol. The minimum Gasteiger partial charge on any atom is -0.486 e. The van der Waals surface area contributed by atoms with E-state index in [2.05, 4.69) is 10.6 Å². The summed E-state index contributed by atoms with van der Waals surface area (Å²) in [5.41, 5.74) is 2.66. The maximum Gasteiger partial charge on any atom is 0.255 e. The van der Waals surface area contributed by atoms with E-state index in [1.807, 2.05) is 61.5 Å². The summed E-state index contributed by atoms with van der Waals surface area (Å²) in [6, 6.07) is 22.0. The highest BCUT2D eigenvalue weighted by molar-refractivity contribution is 6.07. The number of carbonyl (C=O) groups is 2. The van der Waals surface area contributed by atoms with Crippen molar-refractivity contribution in [3.8, 4) is 11.5 Å². The number of ether oxygens (including phenoxy) is 2. The van der Waals surface area contributed by atoms with Crippen LogP contribution in [-0.4, -0.2) is 24.5 Å². The summed E-state index contributed by atoms with van der Waals surface area (Å²) in [4.78, 5) is 25.1. The summed E-state index contributed by atoms with van der Waals surface area (Å²) in [5, 5.41) is 5.79. The molecule has 1 heterocycles. The number of rotatable bonds is 6. The molecule has 31 heavy (non-hydrogen) atoms. The fourth-order valence-corrected chi connectivity index (χ4v) is 3.36. The molecule has 3 aromatic carbocycles. The van der Waals surface area contributed by atoms with Crippen molar-refractivity contribution in [2.24, 2.45) is 0 Å². The topological polar surface area (TPSA) is 76.7 Å². The molecule has 2 amide bonds. The van der Waals surface area contributed by atoms with Crippen LogP contribution in [0, 0.1) is 6.92 Å². The summed E-state index contributed by atoms with van der Waals surface area (Å²) in [6.45, 7) is 2.34. The average Bonchev–Trinajstić information content (AvgIpc) is 2.80. The van der Waals surface area contributed by atoms with E-state index >= 15 is 0 Å². The van der Waals surface area contributed by atoms with Crippen molar-refractivity contribution in [3.05, 3.63) is 83.9 Å². The molecule has 0 aromatic heterocycles. The van der Waals surface area contributed by atoms with Crippen LogP contribution in [0.1, 0.15) is 28.8 Å². The number of hydrogen-bond donors (Lipinski definition) is 2. The number of amides is 2. The van der Waals surface area contributed by atoms with Crippen molar-refractivity contribution in [3.63, 3.8) is 0 Å². The standard InChI is InChI=1S/C25H24N2O4/c1-17-11-13-20(27-25(29)18-7-3-2-4-8-18)21(15-17)26-24(28)14-12-19-16-30-22-9-5-6-10-23(22)31-19/h2-11,13,15,19H,12,14,16H2,1H3,(H,26,28)(H,27,29)/t19-/m1/s1. The van der Waals surface area contributed by atoms with Crippen LogP contribution in [0.5, 0.6) is 11.5 Å². The van der Waals surface area contributed by atoms with Crippen LogP contribution in [0.25, 0.3) is 0 Å². The van der Waals surface area contributed by atoms with Gasteiger partial charge in [0.2, 0.25) is 5.91 Å². The molecule has 1 aliphatic heterocycles. The molecule has 0 fully saturated rings. The lowest BCUT2D eigenvalue weighted by Gasteiger charge is -2.26. The number of anilines is 2. The van der Waals surface area contributed by atoms with Gasteiger partial charge >= 0.3 is 0 Å². The molecule has 1 aliphatic rings. The van der Waals surface area contributed by atoms with Gasteiger partial charge in [0.15, 0.2) is 11.5 Å². The Bertz CT molecular complexity index is 1080. The molecule has 0 saturated carbocycles. The second kappa shape index (κ2) is 9.34. The van der Waals surface area contributed by atoms with Gasteiger partial charge in [-0.2, -0.15) is 0 Å². The smallest absolute Gasteiger partial charge is 0.255 e. The lowest BCUT2D eigenvalue weighted by atomic mass is 10.1. The SMILES string of the molecule is Cc1ccc(NC(=O)c2ccccc2)c(NC(=O)CC[C@@H]2COc3ccccc3O2)c1. The largest absolute Gasteiger partial charge is 0.486 e. The first-order chi connectivity index (χ1) is 15.1. The third-order valence-corrected chi connectivity index (χ3v) is 4.99. The molecule has 0 bridgehead atoms. The molecule has 2 N–H and O–H groups in total. The Kier molecular flexibility index (Phi) is 6.17. The van der Waals surface area contributed by atoms with Gasteiger partial charge in [0, 0.05) is 12.0 Å². The maximum absolute atomic E-state index is 12.6.